The Kier molecular flexibility index (Phi) is 11.1. The van der Waals surface area contributed by atoms with Crippen LogP contribution in [0, 0.1) is 12.8 Å². The second-order valence-corrected chi connectivity index (χ2v) is 10.7. The Morgan fingerprint density at radius 2 is 1.54 bits per heavy atom. The van der Waals surface area contributed by atoms with Crippen molar-refractivity contribution in [1.29, 1.82) is 0 Å². The van der Waals surface area contributed by atoms with Gasteiger partial charge in [0.2, 0.25) is 11.8 Å². The van der Waals surface area contributed by atoms with E-state index in [4.69, 9.17) is 4.74 Å². The highest BCUT2D eigenvalue weighted by molar-refractivity contribution is 7.99. The van der Waals surface area contributed by atoms with Crippen molar-refractivity contribution in [3.05, 3.63) is 101 Å². The molecule has 0 fully saturated rings. The van der Waals surface area contributed by atoms with Gasteiger partial charge in [0.1, 0.15) is 11.8 Å². The zero-order valence-corrected chi connectivity index (χ0v) is 23.1. The highest BCUT2D eigenvalue weighted by Crippen LogP contribution is 2.20. The molecule has 6 heteroatoms. The average molecular weight is 519 g/mol. The maximum atomic E-state index is 13.7. The number of nitrogens with one attached hydrogen (secondary N) is 1. The molecule has 0 saturated heterocycles. The predicted octanol–water partition coefficient (Wildman–Crippen LogP) is 5.65. The van der Waals surface area contributed by atoms with Crippen molar-refractivity contribution < 1.29 is 14.3 Å². The van der Waals surface area contributed by atoms with E-state index in [0.29, 0.717) is 36.9 Å². The Morgan fingerprint density at radius 3 is 2.16 bits per heavy atom. The van der Waals surface area contributed by atoms with E-state index in [1.165, 1.54) is 0 Å². The molecule has 0 aliphatic carbocycles. The first-order valence-electron chi connectivity index (χ1n) is 12.7. The lowest BCUT2D eigenvalue weighted by atomic mass is 10.0. The Hall–Kier alpha value is -3.25. The van der Waals surface area contributed by atoms with Crippen molar-refractivity contribution in [2.45, 2.75) is 45.5 Å². The molecule has 37 heavy (non-hydrogen) atoms. The number of carbonyl (C=O) groups is 2. The number of ether oxygens (including phenoxy) is 1. The van der Waals surface area contributed by atoms with E-state index in [1.807, 2.05) is 85.8 Å². The van der Waals surface area contributed by atoms with Crippen LogP contribution in [0.2, 0.25) is 0 Å². The van der Waals surface area contributed by atoms with Gasteiger partial charge < -0.3 is 15.0 Å². The van der Waals surface area contributed by atoms with Crippen molar-refractivity contribution in [2.24, 2.45) is 5.92 Å². The van der Waals surface area contributed by atoms with E-state index in [1.54, 1.807) is 23.8 Å². The molecule has 0 aromatic heterocycles. The molecule has 1 atom stereocenters. The molecule has 0 bridgehead atoms. The predicted molar refractivity (Wildman–Crippen MR) is 153 cm³/mol. The number of aryl methyl sites for hydroxylation is 1. The molecule has 3 aromatic rings. The van der Waals surface area contributed by atoms with Gasteiger partial charge in [0.25, 0.3) is 0 Å². The van der Waals surface area contributed by atoms with E-state index >= 15 is 0 Å². The van der Waals surface area contributed by atoms with Crippen molar-refractivity contribution in [3.8, 4) is 5.75 Å². The van der Waals surface area contributed by atoms with Crippen LogP contribution in [0.5, 0.6) is 5.75 Å². The molecule has 0 heterocycles. The van der Waals surface area contributed by atoms with Crippen molar-refractivity contribution in [2.75, 3.05) is 19.4 Å². The molecular formula is C31H38N2O3S. The monoisotopic (exact) mass is 518 g/mol. The van der Waals surface area contributed by atoms with Crippen LogP contribution in [0.25, 0.3) is 0 Å². The first-order chi connectivity index (χ1) is 17.9. The summed E-state index contributed by atoms with van der Waals surface area (Å²) in [6.45, 7) is 7.13. The molecule has 0 spiro atoms. The van der Waals surface area contributed by atoms with E-state index in [9.17, 15) is 9.59 Å². The minimum atomic E-state index is -0.600. The fraction of sp³-hybridized carbons (Fsp3) is 0.355. The van der Waals surface area contributed by atoms with Crippen LogP contribution in [-0.4, -0.2) is 42.2 Å². The number of nitrogens with zero attached hydrogens (tertiary/aromatic N) is 1. The molecule has 0 saturated carbocycles. The summed E-state index contributed by atoms with van der Waals surface area (Å²) in [5, 5.41) is 3.07. The number of amides is 2. The molecule has 1 N–H and O–H groups in total. The molecule has 0 aliphatic rings. The molecule has 0 radical (unpaired) electrons. The fourth-order valence-corrected chi connectivity index (χ4v) is 4.80. The van der Waals surface area contributed by atoms with Crippen molar-refractivity contribution in [1.82, 2.24) is 10.2 Å². The second kappa shape index (κ2) is 14.5. The molecule has 3 aromatic carbocycles. The SMILES string of the molecule is COc1ccc(CSCC(=O)N(Cc2ccc(C)cc2)[C@H](Cc2ccccc2)C(=O)NCC(C)C)cc1. The number of hydrogen-bond acceptors (Lipinski definition) is 4. The van der Waals surface area contributed by atoms with Gasteiger partial charge in [-0.25, -0.2) is 0 Å². The van der Waals surface area contributed by atoms with Gasteiger partial charge in [-0.1, -0.05) is 86.1 Å². The molecule has 2 amide bonds. The third-order valence-corrected chi connectivity index (χ3v) is 7.07. The van der Waals surface area contributed by atoms with Crippen LogP contribution in [0.3, 0.4) is 0 Å². The highest BCUT2D eigenvalue weighted by atomic mass is 32.2. The zero-order valence-electron chi connectivity index (χ0n) is 22.3. The van der Waals surface area contributed by atoms with E-state index in [0.717, 1.165) is 28.0 Å². The van der Waals surface area contributed by atoms with Gasteiger partial charge in [-0.2, -0.15) is 0 Å². The first-order valence-corrected chi connectivity index (χ1v) is 13.9. The standard InChI is InChI=1S/C31H38N2O3S/c1-23(2)19-32-31(35)29(18-25-8-6-5-7-9-25)33(20-26-12-10-24(3)11-13-26)30(34)22-37-21-27-14-16-28(36-4)17-15-27/h5-17,23,29H,18-22H2,1-4H3,(H,32,35)/t29-/m1/s1. The Balaban J connectivity index is 1.81. The lowest BCUT2D eigenvalue weighted by Crippen LogP contribution is -2.51. The molecule has 0 unspecified atom stereocenters. The summed E-state index contributed by atoms with van der Waals surface area (Å²) in [5.74, 6) is 1.98. The third kappa shape index (κ3) is 9.29. The van der Waals surface area contributed by atoms with Crippen molar-refractivity contribution in [3.63, 3.8) is 0 Å². The Morgan fingerprint density at radius 1 is 0.892 bits per heavy atom. The number of methoxy groups -OCH3 is 1. The van der Waals surface area contributed by atoms with Gasteiger partial charge >= 0.3 is 0 Å². The van der Waals surface area contributed by atoms with Crippen LogP contribution < -0.4 is 10.1 Å². The Bertz CT molecular complexity index is 1120. The number of hydrogen-bond donors (Lipinski definition) is 1. The molecule has 5 nitrogen and oxygen atoms in total. The number of rotatable bonds is 13. The molecular weight excluding hydrogens is 480 g/mol. The molecule has 3 rings (SSSR count). The highest BCUT2D eigenvalue weighted by Gasteiger charge is 2.30. The van der Waals surface area contributed by atoms with Gasteiger partial charge in [-0.05, 0) is 41.7 Å². The van der Waals surface area contributed by atoms with Gasteiger partial charge in [-0.15, -0.1) is 11.8 Å². The zero-order chi connectivity index (χ0) is 26.6. The lowest BCUT2D eigenvalue weighted by Gasteiger charge is -2.32. The minimum Gasteiger partial charge on any atom is -0.497 e. The Labute approximate surface area is 225 Å². The van der Waals surface area contributed by atoms with Gasteiger partial charge in [0.05, 0.1) is 12.9 Å². The number of benzene rings is 3. The van der Waals surface area contributed by atoms with E-state index < -0.39 is 6.04 Å². The van der Waals surface area contributed by atoms with Crippen LogP contribution in [-0.2, 0) is 28.3 Å². The lowest BCUT2D eigenvalue weighted by molar-refractivity contribution is -0.139. The largest absolute Gasteiger partial charge is 0.497 e. The van der Waals surface area contributed by atoms with Crippen LogP contribution in [0.4, 0.5) is 0 Å². The normalized spacial score (nSPS) is 11.7. The molecule has 0 aliphatic heterocycles. The minimum absolute atomic E-state index is 0.0419. The first kappa shape index (κ1) is 28.3. The summed E-state index contributed by atoms with van der Waals surface area (Å²) in [5.41, 5.74) is 4.32. The number of thioether (sulfide) groups is 1. The van der Waals surface area contributed by atoms with Gasteiger partial charge in [0.15, 0.2) is 0 Å². The smallest absolute Gasteiger partial charge is 0.243 e. The molecule has 196 valence electrons. The quantitative estimate of drug-likeness (QED) is 0.318. The maximum absolute atomic E-state index is 13.7. The maximum Gasteiger partial charge on any atom is 0.243 e. The van der Waals surface area contributed by atoms with E-state index in [-0.39, 0.29) is 11.8 Å². The second-order valence-electron chi connectivity index (χ2n) is 9.69. The third-order valence-electron chi connectivity index (χ3n) is 6.08. The van der Waals surface area contributed by atoms with Gasteiger partial charge in [0, 0.05) is 25.3 Å². The topological polar surface area (TPSA) is 58.6 Å². The summed E-state index contributed by atoms with van der Waals surface area (Å²) >= 11 is 1.56. The average Bonchev–Trinajstić information content (AvgIpc) is 2.91. The van der Waals surface area contributed by atoms with Crippen LogP contribution >= 0.6 is 11.8 Å². The summed E-state index contributed by atoms with van der Waals surface area (Å²) < 4.78 is 5.23. The number of carbonyl (C=O) groups excluding carboxylic acids is 2. The van der Waals surface area contributed by atoms with Crippen molar-refractivity contribution >= 4 is 23.6 Å². The fourth-order valence-electron chi connectivity index (χ4n) is 3.93. The van der Waals surface area contributed by atoms with E-state index in [2.05, 4.69) is 19.2 Å². The summed E-state index contributed by atoms with van der Waals surface area (Å²) in [6, 6.07) is 25.3. The summed E-state index contributed by atoms with van der Waals surface area (Å²) in [7, 11) is 1.65. The van der Waals surface area contributed by atoms with Crippen LogP contribution in [0.1, 0.15) is 36.1 Å². The summed E-state index contributed by atoms with van der Waals surface area (Å²) in [6.07, 6.45) is 0.464. The van der Waals surface area contributed by atoms with Gasteiger partial charge in [-0.3, -0.25) is 9.59 Å². The van der Waals surface area contributed by atoms with Crippen LogP contribution in [0.15, 0.2) is 78.9 Å². The summed E-state index contributed by atoms with van der Waals surface area (Å²) in [4.78, 5) is 28.9.